The molecule has 0 N–H and O–H groups in total. The molecule has 0 amide bonds. The van der Waals surface area contributed by atoms with E-state index in [9.17, 15) is 0 Å². The van der Waals surface area contributed by atoms with Gasteiger partial charge in [-0.1, -0.05) is 6.07 Å². The molecule has 278 valence electrons. The third-order valence-electron chi connectivity index (χ3n) is 9.71. The molecule has 3 heterocycles. The van der Waals surface area contributed by atoms with Crippen LogP contribution in [0.25, 0.3) is 22.5 Å². The highest BCUT2D eigenvalue weighted by Crippen LogP contribution is 2.42. The summed E-state index contributed by atoms with van der Waals surface area (Å²) in [5.41, 5.74) is 7.13. The van der Waals surface area contributed by atoms with E-state index in [1.807, 2.05) is 36.7 Å². The molecular weight excluding hydrogens is 689 g/mol. The molecule has 5 aromatic rings. The van der Waals surface area contributed by atoms with Crippen molar-refractivity contribution in [2.75, 3.05) is 66.9 Å². The molecule has 10 nitrogen and oxygen atoms in total. The second kappa shape index (κ2) is 17.6. The summed E-state index contributed by atoms with van der Waals surface area (Å²) in [7, 11) is 9.73. The van der Waals surface area contributed by atoms with Crippen molar-refractivity contribution in [3.05, 3.63) is 96.3 Å². The number of nitrogens with zero attached hydrogens (tertiary/aromatic N) is 4. The fourth-order valence-electron chi connectivity index (χ4n) is 6.98. The Kier molecular flexibility index (Phi) is 12.5. The Balaban J connectivity index is 1.20. The van der Waals surface area contributed by atoms with Crippen molar-refractivity contribution in [2.24, 2.45) is 0 Å². The van der Waals surface area contributed by atoms with Gasteiger partial charge in [0, 0.05) is 66.3 Å². The second-order valence-electron chi connectivity index (χ2n) is 12.8. The van der Waals surface area contributed by atoms with E-state index in [-0.39, 0.29) is 0 Å². The molecule has 1 fully saturated rings. The van der Waals surface area contributed by atoms with Gasteiger partial charge < -0.3 is 33.3 Å². The zero-order chi connectivity index (χ0) is 37.3. The van der Waals surface area contributed by atoms with Crippen LogP contribution in [0.4, 0.5) is 5.69 Å². The average Bonchev–Trinajstić information content (AvgIpc) is 3.22. The van der Waals surface area contributed by atoms with Gasteiger partial charge >= 0.3 is 0 Å². The lowest BCUT2D eigenvalue weighted by Crippen LogP contribution is -2.44. The Bertz CT molecular complexity index is 1950. The molecule has 3 aromatic carbocycles. The maximum atomic E-state index is 5.63. The van der Waals surface area contributed by atoms with Crippen LogP contribution in [0, 0.1) is 0 Å². The largest absolute Gasteiger partial charge is 0.493 e. The number of hydrogen-bond donors (Lipinski definition) is 0. The Morgan fingerprint density at radius 2 is 1.15 bits per heavy atom. The van der Waals surface area contributed by atoms with Gasteiger partial charge in [0.25, 0.3) is 0 Å². The maximum absolute atomic E-state index is 5.63. The van der Waals surface area contributed by atoms with Gasteiger partial charge in [0.2, 0.25) is 11.5 Å². The summed E-state index contributed by atoms with van der Waals surface area (Å²) in [5.74, 6) is 3.53. The Morgan fingerprint density at radius 3 is 1.64 bits per heavy atom. The molecule has 0 aliphatic carbocycles. The predicted octanol–water partition coefficient (Wildman–Crippen LogP) is 8.26. The van der Waals surface area contributed by atoms with Crippen molar-refractivity contribution in [1.82, 2.24) is 14.9 Å². The van der Waals surface area contributed by atoms with E-state index in [1.165, 1.54) is 21.7 Å². The molecule has 0 unspecified atom stereocenters. The molecule has 11 heteroatoms. The number of pyridine rings is 2. The van der Waals surface area contributed by atoms with Crippen molar-refractivity contribution in [3.63, 3.8) is 0 Å². The first kappa shape index (κ1) is 37.6. The van der Waals surface area contributed by atoms with Crippen LogP contribution in [0.3, 0.4) is 0 Å². The van der Waals surface area contributed by atoms with E-state index in [0.717, 1.165) is 61.5 Å². The van der Waals surface area contributed by atoms with Gasteiger partial charge in [-0.15, -0.1) is 11.8 Å². The van der Waals surface area contributed by atoms with Crippen LogP contribution in [-0.4, -0.2) is 82.9 Å². The van der Waals surface area contributed by atoms with Gasteiger partial charge in [0.05, 0.1) is 54.0 Å². The highest BCUT2D eigenvalue weighted by molar-refractivity contribution is 7.98. The summed E-state index contributed by atoms with van der Waals surface area (Å²) in [6.45, 7) is 3.57. The quantitative estimate of drug-likeness (QED) is 0.0974. The summed E-state index contributed by atoms with van der Waals surface area (Å²) < 4.78 is 33.5. The minimum Gasteiger partial charge on any atom is -0.493 e. The summed E-state index contributed by atoms with van der Waals surface area (Å²) in [6, 6.07) is 25.5. The number of rotatable bonds is 15. The number of anilines is 1. The molecule has 6 rings (SSSR count). The molecule has 0 atom stereocenters. The van der Waals surface area contributed by atoms with Crippen molar-refractivity contribution in [3.8, 4) is 57.0 Å². The first-order valence-electron chi connectivity index (χ1n) is 17.6. The van der Waals surface area contributed by atoms with Crippen LogP contribution >= 0.6 is 11.8 Å². The molecule has 53 heavy (non-hydrogen) atoms. The smallest absolute Gasteiger partial charge is 0.203 e. The number of hydrogen-bond acceptors (Lipinski definition) is 11. The van der Waals surface area contributed by atoms with Crippen LogP contribution in [0.2, 0.25) is 0 Å². The van der Waals surface area contributed by atoms with Crippen molar-refractivity contribution >= 4 is 17.4 Å². The van der Waals surface area contributed by atoms with Crippen LogP contribution in [-0.2, 0) is 13.1 Å². The van der Waals surface area contributed by atoms with Crippen LogP contribution in [0.1, 0.15) is 24.0 Å². The lowest BCUT2D eigenvalue weighted by molar-refractivity contribution is 0.201. The minimum absolute atomic E-state index is 0.369. The van der Waals surface area contributed by atoms with Gasteiger partial charge in [-0.2, -0.15) is 0 Å². The molecule has 0 bridgehead atoms. The number of methoxy groups -OCH3 is 6. The van der Waals surface area contributed by atoms with E-state index in [2.05, 4.69) is 69.6 Å². The fraction of sp³-hybridized carbons (Fsp3) is 0.333. The zero-order valence-corrected chi connectivity index (χ0v) is 32.4. The SMILES string of the molecule is COc1cc(-c2cc(CN3CCC(N(Cc4ccnc(-c5cc(OC)c(OC)c(OC)c5)c4)c4cccc(SC)c4)CC3)ccn2)cc(OC)c1OC. The van der Waals surface area contributed by atoms with Crippen LogP contribution < -0.4 is 33.3 Å². The lowest BCUT2D eigenvalue weighted by atomic mass is 10.00. The summed E-state index contributed by atoms with van der Waals surface area (Å²) in [4.78, 5) is 15.8. The van der Waals surface area contributed by atoms with E-state index >= 15 is 0 Å². The van der Waals surface area contributed by atoms with E-state index in [4.69, 9.17) is 33.4 Å². The second-order valence-corrected chi connectivity index (χ2v) is 13.6. The monoisotopic (exact) mass is 736 g/mol. The Hall–Kier alpha value is -5.13. The molecule has 0 radical (unpaired) electrons. The first-order valence-corrected chi connectivity index (χ1v) is 18.8. The fourth-order valence-corrected chi connectivity index (χ4v) is 7.44. The minimum atomic E-state index is 0.369. The number of ether oxygens (including phenoxy) is 6. The molecule has 1 saturated heterocycles. The summed E-state index contributed by atoms with van der Waals surface area (Å²) in [5, 5.41) is 0. The van der Waals surface area contributed by atoms with Crippen molar-refractivity contribution in [2.45, 2.75) is 36.9 Å². The molecular formula is C42H48N4O6S. The highest BCUT2D eigenvalue weighted by atomic mass is 32.2. The zero-order valence-electron chi connectivity index (χ0n) is 31.5. The van der Waals surface area contributed by atoms with Crippen molar-refractivity contribution < 1.29 is 28.4 Å². The average molecular weight is 737 g/mol. The maximum Gasteiger partial charge on any atom is 0.203 e. The predicted molar refractivity (Wildman–Crippen MR) is 211 cm³/mol. The molecule has 0 spiro atoms. The van der Waals surface area contributed by atoms with Crippen molar-refractivity contribution in [1.29, 1.82) is 0 Å². The summed E-state index contributed by atoms with van der Waals surface area (Å²) in [6.07, 6.45) is 7.97. The topological polar surface area (TPSA) is 87.6 Å². The van der Waals surface area contributed by atoms with Gasteiger partial charge in [-0.05, 0) is 97.0 Å². The Labute approximate surface area is 317 Å². The van der Waals surface area contributed by atoms with Gasteiger partial charge in [0.1, 0.15) is 0 Å². The third kappa shape index (κ3) is 8.58. The summed E-state index contributed by atoms with van der Waals surface area (Å²) >= 11 is 1.77. The third-order valence-corrected chi connectivity index (χ3v) is 10.4. The van der Waals surface area contributed by atoms with Crippen LogP contribution in [0.5, 0.6) is 34.5 Å². The van der Waals surface area contributed by atoms with Gasteiger partial charge in [0.15, 0.2) is 23.0 Å². The normalized spacial score (nSPS) is 13.3. The Morgan fingerprint density at radius 1 is 0.642 bits per heavy atom. The lowest BCUT2D eigenvalue weighted by Gasteiger charge is -2.40. The molecule has 1 aliphatic heterocycles. The number of aromatic nitrogens is 2. The van der Waals surface area contributed by atoms with Crippen LogP contribution in [0.15, 0.2) is 90.1 Å². The number of thioether (sulfide) groups is 1. The first-order chi connectivity index (χ1) is 25.9. The standard InChI is InChI=1S/C42H48N4O6S/c1-47-37-21-30(22-38(48-2)41(37)51-5)35-19-28(11-15-43-35)26-45-17-13-32(14-18-45)46(33-9-8-10-34(25-33)53-7)27-29-12-16-44-36(20-29)31-23-39(49-3)42(52-6)40(24-31)50-4/h8-12,15-16,19-25,32H,13-14,17-18,26-27H2,1-7H3. The molecule has 0 saturated carbocycles. The van der Waals surface area contributed by atoms with E-state index in [0.29, 0.717) is 40.5 Å². The number of piperidine rings is 1. The van der Waals surface area contributed by atoms with E-state index < -0.39 is 0 Å². The highest BCUT2D eigenvalue weighted by Gasteiger charge is 2.26. The number of benzene rings is 3. The molecule has 2 aromatic heterocycles. The van der Waals surface area contributed by atoms with Gasteiger partial charge in [-0.3, -0.25) is 14.9 Å². The molecule has 1 aliphatic rings. The van der Waals surface area contributed by atoms with Gasteiger partial charge in [-0.25, -0.2) is 0 Å². The van der Waals surface area contributed by atoms with E-state index in [1.54, 1.807) is 54.4 Å². The number of likely N-dealkylation sites (tertiary alicyclic amines) is 1.